The number of rotatable bonds is 12. The summed E-state index contributed by atoms with van der Waals surface area (Å²) in [5.41, 5.74) is 16.2. The van der Waals surface area contributed by atoms with Crippen molar-refractivity contribution in [3.63, 3.8) is 0 Å². The van der Waals surface area contributed by atoms with Crippen molar-refractivity contribution in [1.29, 1.82) is 0 Å². The van der Waals surface area contributed by atoms with Crippen molar-refractivity contribution in [2.45, 2.75) is 0 Å². The molecule has 10 aromatic carbocycles. The van der Waals surface area contributed by atoms with E-state index in [4.69, 9.17) is 0 Å². The van der Waals surface area contributed by atoms with Gasteiger partial charge in [-0.25, -0.2) is 0 Å². The summed E-state index contributed by atoms with van der Waals surface area (Å²) >= 11 is 0.246. The Labute approximate surface area is 377 Å². The second-order valence-corrected chi connectivity index (χ2v) is 17.8. The van der Waals surface area contributed by atoms with E-state index in [2.05, 4.69) is 277 Å². The normalized spacial score (nSPS) is 10.9. The van der Waals surface area contributed by atoms with Crippen LogP contribution in [0.25, 0.3) is 44.5 Å². The van der Waals surface area contributed by atoms with Crippen LogP contribution in [0.2, 0.25) is 0 Å². The summed E-state index contributed by atoms with van der Waals surface area (Å²) in [6.07, 6.45) is 0. The van der Waals surface area contributed by atoms with Gasteiger partial charge in [0.1, 0.15) is 0 Å². The van der Waals surface area contributed by atoms with Crippen molar-refractivity contribution in [2.75, 3.05) is 9.80 Å². The van der Waals surface area contributed by atoms with Gasteiger partial charge in [0.15, 0.2) is 0 Å². The second kappa shape index (κ2) is 18.5. The average Bonchev–Trinajstić information content (AvgIpc) is 3.37. The van der Waals surface area contributed by atoms with Crippen molar-refractivity contribution < 1.29 is 0 Å². The molecule has 0 aliphatic rings. The Hall–Kier alpha value is -7.68. The second-order valence-electron chi connectivity index (χ2n) is 15.4. The molecule has 300 valence electrons. The van der Waals surface area contributed by atoms with Crippen LogP contribution in [0.3, 0.4) is 0 Å². The molecule has 0 aliphatic heterocycles. The average molecular weight is 872 g/mol. The van der Waals surface area contributed by atoms with E-state index < -0.39 is 0 Å². The molecule has 0 unspecified atom stereocenters. The zero-order valence-electron chi connectivity index (χ0n) is 34.7. The monoisotopic (exact) mass is 872 g/mol. The summed E-state index contributed by atoms with van der Waals surface area (Å²) in [7, 11) is 0. The quantitative estimate of drug-likeness (QED) is 0.113. The van der Waals surface area contributed by atoms with Crippen LogP contribution in [0.1, 0.15) is 0 Å². The Morgan fingerprint density at radius 3 is 0.619 bits per heavy atom. The van der Waals surface area contributed by atoms with Gasteiger partial charge in [-0.15, -0.1) is 0 Å². The maximum absolute atomic E-state index is 2.35. The van der Waals surface area contributed by atoms with E-state index in [0.29, 0.717) is 0 Å². The van der Waals surface area contributed by atoms with Crippen LogP contribution >= 0.6 is 0 Å². The summed E-state index contributed by atoms with van der Waals surface area (Å²) in [6, 6.07) is 96.1. The van der Waals surface area contributed by atoms with E-state index in [0.717, 1.165) is 45.3 Å². The summed E-state index contributed by atoms with van der Waals surface area (Å²) in [5.74, 6) is 0. The Morgan fingerprint density at radius 1 is 0.175 bits per heavy atom. The molecule has 0 heterocycles. The van der Waals surface area contributed by atoms with Crippen LogP contribution in [0.15, 0.2) is 267 Å². The third-order valence-electron chi connectivity index (χ3n) is 11.4. The van der Waals surface area contributed by atoms with Crippen LogP contribution in [-0.4, -0.2) is 15.0 Å². The predicted octanol–water partition coefficient (Wildman–Crippen LogP) is 14.9. The van der Waals surface area contributed by atoms with Gasteiger partial charge in [-0.1, -0.05) is 91.0 Å². The third kappa shape index (κ3) is 9.03. The first-order valence-electron chi connectivity index (χ1n) is 21.3. The molecule has 0 bridgehead atoms. The molecule has 0 atom stereocenters. The Balaban J connectivity index is 0.950. The molecule has 3 heteroatoms. The Morgan fingerprint density at radius 2 is 0.365 bits per heavy atom. The number of benzene rings is 10. The minimum atomic E-state index is 0.246. The molecule has 0 saturated heterocycles. The standard InChI is InChI=1S/C60H44N2Se/c1-5-13-45(14-6-1)48-21-31-53(32-22-48)61(54-33-23-49(24-34-54)46-15-7-2-8-16-46)55-37-27-51(28-38-55)52-29-39-57(40-30-52)62(56-35-25-50(26-36-56)47-17-9-3-10-18-47)58-41-43-60(44-42-58)63-59-19-11-4-12-20-59/h1-44H. The topological polar surface area (TPSA) is 6.48 Å². The maximum atomic E-state index is 2.35. The molecule has 2 nitrogen and oxygen atoms in total. The first-order chi connectivity index (χ1) is 31.2. The predicted molar refractivity (Wildman–Crippen MR) is 269 cm³/mol. The van der Waals surface area contributed by atoms with Crippen molar-refractivity contribution in [1.82, 2.24) is 0 Å². The first-order valence-corrected chi connectivity index (χ1v) is 23.0. The van der Waals surface area contributed by atoms with E-state index >= 15 is 0 Å². The van der Waals surface area contributed by atoms with Gasteiger partial charge in [-0.05, 0) is 46.5 Å². The number of hydrogen-bond donors (Lipinski definition) is 0. The zero-order valence-corrected chi connectivity index (χ0v) is 36.4. The van der Waals surface area contributed by atoms with Gasteiger partial charge in [-0.2, -0.15) is 0 Å². The molecule has 0 radical (unpaired) electrons. The van der Waals surface area contributed by atoms with Crippen molar-refractivity contribution in [3.05, 3.63) is 267 Å². The Bertz CT molecular complexity index is 2910. The van der Waals surface area contributed by atoms with Crippen LogP contribution < -0.4 is 18.7 Å². The molecule has 10 aromatic rings. The number of hydrogen-bond acceptors (Lipinski definition) is 2. The molecular weight excluding hydrogens is 828 g/mol. The van der Waals surface area contributed by atoms with Crippen LogP contribution in [0, 0.1) is 0 Å². The van der Waals surface area contributed by atoms with Crippen LogP contribution in [0.5, 0.6) is 0 Å². The number of anilines is 6. The van der Waals surface area contributed by atoms with Gasteiger partial charge in [0.05, 0.1) is 0 Å². The van der Waals surface area contributed by atoms with E-state index in [9.17, 15) is 0 Å². The summed E-state index contributed by atoms with van der Waals surface area (Å²) in [4.78, 5) is 4.69. The summed E-state index contributed by atoms with van der Waals surface area (Å²) < 4.78 is 2.72. The SMILES string of the molecule is c1ccc([Se]c2ccc(N(c3ccc(-c4ccccc4)cc3)c3ccc(-c4ccc(N(c5ccc(-c6ccccc6)cc5)c5ccc(-c6ccccc6)cc5)cc4)cc3)cc2)cc1. The molecule has 0 aromatic heterocycles. The Kier molecular flexibility index (Phi) is 11.6. The van der Waals surface area contributed by atoms with Gasteiger partial charge in [0, 0.05) is 17.1 Å². The molecule has 0 spiro atoms. The molecule has 0 fully saturated rings. The van der Waals surface area contributed by atoms with Gasteiger partial charge >= 0.3 is 220 Å². The van der Waals surface area contributed by atoms with Crippen molar-refractivity contribution in [3.8, 4) is 44.5 Å². The fourth-order valence-electron chi connectivity index (χ4n) is 8.09. The van der Waals surface area contributed by atoms with Crippen molar-refractivity contribution >= 4 is 58.0 Å². The third-order valence-corrected chi connectivity index (χ3v) is 13.5. The molecule has 10 rings (SSSR count). The van der Waals surface area contributed by atoms with E-state index in [1.54, 1.807) is 0 Å². The molecular formula is C60H44N2Se. The van der Waals surface area contributed by atoms with E-state index in [-0.39, 0.29) is 15.0 Å². The van der Waals surface area contributed by atoms with Crippen LogP contribution in [-0.2, 0) is 0 Å². The van der Waals surface area contributed by atoms with Gasteiger partial charge in [-0.3, -0.25) is 0 Å². The van der Waals surface area contributed by atoms with Gasteiger partial charge in [0.25, 0.3) is 0 Å². The van der Waals surface area contributed by atoms with E-state index in [1.807, 2.05) is 0 Å². The minimum absolute atomic E-state index is 0.246. The van der Waals surface area contributed by atoms with Gasteiger partial charge < -0.3 is 4.90 Å². The number of nitrogens with zero attached hydrogens (tertiary/aromatic N) is 2. The molecule has 0 amide bonds. The zero-order chi connectivity index (χ0) is 42.2. The fraction of sp³-hybridized carbons (Fsp3) is 0. The van der Waals surface area contributed by atoms with Crippen LogP contribution in [0.4, 0.5) is 34.1 Å². The first kappa shape index (κ1) is 39.5. The van der Waals surface area contributed by atoms with Gasteiger partial charge in [0.2, 0.25) is 0 Å². The fourth-order valence-corrected chi connectivity index (χ4v) is 9.85. The summed E-state index contributed by atoms with van der Waals surface area (Å²) in [6.45, 7) is 0. The summed E-state index contributed by atoms with van der Waals surface area (Å²) in [5, 5.41) is 0. The molecule has 63 heavy (non-hydrogen) atoms. The van der Waals surface area contributed by atoms with Crippen molar-refractivity contribution in [2.24, 2.45) is 0 Å². The molecule has 0 N–H and O–H groups in total. The molecule has 0 saturated carbocycles. The van der Waals surface area contributed by atoms with E-state index in [1.165, 1.54) is 42.3 Å². The molecule has 0 aliphatic carbocycles.